The lowest BCUT2D eigenvalue weighted by Crippen LogP contribution is -2.42. The molecule has 1 amide bonds. The molecular weight excluding hydrogens is 170 g/mol. The van der Waals surface area contributed by atoms with E-state index in [1.54, 1.807) is 11.8 Å². The maximum Gasteiger partial charge on any atom is 0.219 e. The Bertz CT molecular complexity index is 172. The van der Waals surface area contributed by atoms with Gasteiger partial charge in [0.25, 0.3) is 0 Å². The fraction of sp³-hybridized carbons (Fsp3) is 0.889. The fourth-order valence-electron chi connectivity index (χ4n) is 1.58. The molecule has 1 N–H and O–H groups in total. The molecule has 1 rings (SSSR count). The van der Waals surface area contributed by atoms with Crippen LogP contribution in [0, 0.1) is 0 Å². The highest BCUT2D eigenvalue weighted by Crippen LogP contribution is 2.12. The highest BCUT2D eigenvalue weighted by atomic mass is 16.5. The number of aliphatic hydroxyl groups is 1. The van der Waals surface area contributed by atoms with Crippen molar-refractivity contribution in [2.24, 2.45) is 0 Å². The van der Waals surface area contributed by atoms with E-state index in [0.717, 1.165) is 19.4 Å². The van der Waals surface area contributed by atoms with Crippen LogP contribution in [0.25, 0.3) is 0 Å². The van der Waals surface area contributed by atoms with Crippen molar-refractivity contribution in [1.82, 2.24) is 4.90 Å². The second-order valence-electron chi connectivity index (χ2n) is 3.32. The largest absolute Gasteiger partial charge is 0.394 e. The third kappa shape index (κ3) is 3.32. The van der Waals surface area contributed by atoms with Gasteiger partial charge < -0.3 is 14.7 Å². The van der Waals surface area contributed by atoms with Crippen molar-refractivity contribution in [2.75, 3.05) is 26.3 Å². The van der Waals surface area contributed by atoms with Gasteiger partial charge in [0, 0.05) is 20.0 Å². The lowest BCUT2D eigenvalue weighted by molar-refractivity contribution is -0.133. The first-order valence-corrected chi connectivity index (χ1v) is 4.72. The summed E-state index contributed by atoms with van der Waals surface area (Å²) in [7, 11) is 0. The van der Waals surface area contributed by atoms with Gasteiger partial charge in [0.2, 0.25) is 5.91 Å². The third-order valence-electron chi connectivity index (χ3n) is 2.27. The first-order valence-electron chi connectivity index (χ1n) is 4.72. The number of likely N-dealkylation sites (tertiary alicyclic amines) is 1. The maximum atomic E-state index is 11.0. The Kier molecular flexibility index (Phi) is 4.18. The van der Waals surface area contributed by atoms with E-state index in [4.69, 9.17) is 9.84 Å². The molecular formula is C9H17NO3. The normalized spacial score (nSPS) is 23.2. The summed E-state index contributed by atoms with van der Waals surface area (Å²) in [4.78, 5) is 12.8. The molecule has 0 aromatic heterocycles. The molecule has 76 valence electrons. The quantitative estimate of drug-likeness (QED) is 0.677. The van der Waals surface area contributed by atoms with Crippen molar-refractivity contribution in [3.63, 3.8) is 0 Å². The van der Waals surface area contributed by atoms with Crippen molar-refractivity contribution < 1.29 is 14.6 Å². The molecule has 4 heteroatoms. The number of carbonyl (C=O) groups is 1. The molecule has 0 bridgehead atoms. The van der Waals surface area contributed by atoms with Crippen molar-refractivity contribution in [3.8, 4) is 0 Å². The molecule has 0 radical (unpaired) electrons. The molecule has 0 aromatic rings. The van der Waals surface area contributed by atoms with Crippen LogP contribution in [0.15, 0.2) is 0 Å². The van der Waals surface area contributed by atoms with E-state index >= 15 is 0 Å². The Morgan fingerprint density at radius 2 is 2.46 bits per heavy atom. The number of hydrogen-bond donors (Lipinski definition) is 1. The third-order valence-corrected chi connectivity index (χ3v) is 2.27. The van der Waals surface area contributed by atoms with E-state index in [9.17, 15) is 4.79 Å². The number of hydrogen-bond acceptors (Lipinski definition) is 3. The Balaban J connectivity index is 2.29. The van der Waals surface area contributed by atoms with Gasteiger partial charge in [0.15, 0.2) is 0 Å². The molecule has 0 unspecified atom stereocenters. The zero-order valence-corrected chi connectivity index (χ0v) is 8.03. The van der Waals surface area contributed by atoms with Crippen LogP contribution in [0.4, 0.5) is 0 Å². The van der Waals surface area contributed by atoms with E-state index in [1.807, 2.05) is 0 Å². The number of carbonyl (C=O) groups excluding carboxylic acids is 1. The first kappa shape index (κ1) is 10.5. The monoisotopic (exact) mass is 187 g/mol. The Labute approximate surface area is 78.5 Å². The number of ether oxygens (including phenoxy) is 1. The molecule has 0 aliphatic carbocycles. The summed E-state index contributed by atoms with van der Waals surface area (Å²) in [6.45, 7) is 3.52. The minimum atomic E-state index is 0.0522. The van der Waals surface area contributed by atoms with E-state index < -0.39 is 0 Å². The van der Waals surface area contributed by atoms with Gasteiger partial charge in [0.1, 0.15) is 0 Å². The van der Waals surface area contributed by atoms with Crippen molar-refractivity contribution >= 4 is 5.91 Å². The number of aliphatic hydroxyl groups excluding tert-OH is 1. The lowest BCUT2D eigenvalue weighted by atomic mass is 10.1. The predicted molar refractivity (Wildman–Crippen MR) is 48.3 cm³/mol. The SMILES string of the molecule is CC(=O)N1CCC[C@H](OCCO)C1. The second-order valence-corrected chi connectivity index (χ2v) is 3.32. The van der Waals surface area contributed by atoms with Crippen LogP contribution in [0.3, 0.4) is 0 Å². The van der Waals surface area contributed by atoms with Crippen LogP contribution in [-0.4, -0.2) is 48.3 Å². The molecule has 13 heavy (non-hydrogen) atoms. The minimum absolute atomic E-state index is 0.0522. The van der Waals surface area contributed by atoms with Crippen LogP contribution in [0.5, 0.6) is 0 Å². The van der Waals surface area contributed by atoms with Crippen molar-refractivity contribution in [3.05, 3.63) is 0 Å². The molecule has 0 saturated carbocycles. The van der Waals surface area contributed by atoms with Crippen molar-refractivity contribution in [2.45, 2.75) is 25.9 Å². The molecule has 1 fully saturated rings. The van der Waals surface area contributed by atoms with Crippen LogP contribution < -0.4 is 0 Å². The van der Waals surface area contributed by atoms with E-state index in [0.29, 0.717) is 13.2 Å². The number of amides is 1. The smallest absolute Gasteiger partial charge is 0.219 e. The summed E-state index contributed by atoms with van der Waals surface area (Å²) in [5.74, 6) is 0.109. The lowest BCUT2D eigenvalue weighted by Gasteiger charge is -2.31. The highest BCUT2D eigenvalue weighted by Gasteiger charge is 2.21. The van der Waals surface area contributed by atoms with Crippen LogP contribution in [0.1, 0.15) is 19.8 Å². The first-order chi connectivity index (χ1) is 6.24. The van der Waals surface area contributed by atoms with Crippen LogP contribution in [0.2, 0.25) is 0 Å². The van der Waals surface area contributed by atoms with Gasteiger partial charge in [-0.15, -0.1) is 0 Å². The minimum Gasteiger partial charge on any atom is -0.394 e. The Morgan fingerprint density at radius 3 is 3.08 bits per heavy atom. The molecule has 1 heterocycles. The van der Waals surface area contributed by atoms with Crippen LogP contribution >= 0.6 is 0 Å². The highest BCUT2D eigenvalue weighted by molar-refractivity contribution is 5.73. The molecule has 1 saturated heterocycles. The van der Waals surface area contributed by atoms with Gasteiger partial charge in [-0.1, -0.05) is 0 Å². The second kappa shape index (κ2) is 5.19. The van der Waals surface area contributed by atoms with Gasteiger partial charge in [-0.25, -0.2) is 0 Å². The van der Waals surface area contributed by atoms with E-state index in [-0.39, 0.29) is 18.6 Å². The van der Waals surface area contributed by atoms with Gasteiger partial charge in [-0.3, -0.25) is 4.79 Å². The van der Waals surface area contributed by atoms with Gasteiger partial charge >= 0.3 is 0 Å². The maximum absolute atomic E-state index is 11.0. The molecule has 0 spiro atoms. The fourth-order valence-corrected chi connectivity index (χ4v) is 1.58. The molecule has 0 aromatic carbocycles. The summed E-state index contributed by atoms with van der Waals surface area (Å²) in [5.41, 5.74) is 0. The number of nitrogens with zero attached hydrogens (tertiary/aromatic N) is 1. The molecule has 1 atom stereocenters. The molecule has 1 aliphatic rings. The standard InChI is InChI=1S/C9H17NO3/c1-8(12)10-4-2-3-9(7-10)13-6-5-11/h9,11H,2-7H2,1H3/t9-/m0/s1. The summed E-state index contributed by atoms with van der Waals surface area (Å²) >= 11 is 0. The average Bonchev–Trinajstić information content (AvgIpc) is 2.15. The summed E-state index contributed by atoms with van der Waals surface area (Å²) in [5, 5.41) is 8.57. The molecule has 1 aliphatic heterocycles. The summed E-state index contributed by atoms with van der Waals surface area (Å²) in [6, 6.07) is 0. The Hall–Kier alpha value is -0.610. The van der Waals surface area contributed by atoms with E-state index in [2.05, 4.69) is 0 Å². The van der Waals surface area contributed by atoms with Gasteiger partial charge in [-0.05, 0) is 12.8 Å². The number of piperidine rings is 1. The van der Waals surface area contributed by atoms with Crippen LogP contribution in [-0.2, 0) is 9.53 Å². The molecule has 4 nitrogen and oxygen atoms in total. The zero-order valence-electron chi connectivity index (χ0n) is 8.03. The Morgan fingerprint density at radius 1 is 1.69 bits per heavy atom. The topological polar surface area (TPSA) is 49.8 Å². The summed E-state index contributed by atoms with van der Waals surface area (Å²) in [6.07, 6.45) is 2.10. The summed E-state index contributed by atoms with van der Waals surface area (Å²) < 4.78 is 5.37. The van der Waals surface area contributed by atoms with Gasteiger partial charge in [0.05, 0.1) is 19.3 Å². The van der Waals surface area contributed by atoms with Gasteiger partial charge in [-0.2, -0.15) is 0 Å². The predicted octanol–water partition coefficient (Wildman–Crippen LogP) is 0.00620. The average molecular weight is 187 g/mol. The number of rotatable bonds is 3. The zero-order chi connectivity index (χ0) is 9.68. The van der Waals surface area contributed by atoms with Crippen molar-refractivity contribution in [1.29, 1.82) is 0 Å². The van der Waals surface area contributed by atoms with E-state index in [1.165, 1.54) is 0 Å².